The molecule has 0 atom stereocenters. The van der Waals surface area contributed by atoms with Gasteiger partial charge in [-0.05, 0) is 32.0 Å². The summed E-state index contributed by atoms with van der Waals surface area (Å²) in [4.78, 5) is 16.6. The first-order valence-electron chi connectivity index (χ1n) is 6.87. The molecule has 0 saturated carbocycles. The number of hydrogen-bond acceptors (Lipinski definition) is 3. The van der Waals surface area contributed by atoms with Crippen molar-refractivity contribution in [3.05, 3.63) is 54.0 Å². The summed E-state index contributed by atoms with van der Waals surface area (Å²) < 4.78 is 1.76. The van der Waals surface area contributed by atoms with Gasteiger partial charge in [-0.15, -0.1) is 0 Å². The van der Waals surface area contributed by atoms with Crippen LogP contribution in [0.3, 0.4) is 0 Å². The minimum Gasteiger partial charge on any atom is -0.318 e. The molecule has 1 amide bonds. The van der Waals surface area contributed by atoms with Gasteiger partial charge in [-0.3, -0.25) is 9.48 Å². The largest absolute Gasteiger partial charge is 0.318 e. The molecular weight excluding hydrogens is 264 g/mol. The number of benzene rings is 1. The Hall–Kier alpha value is -2.69. The number of amides is 1. The van der Waals surface area contributed by atoms with Crippen LogP contribution in [-0.2, 0) is 6.54 Å². The fraction of sp³-hybridized carbons (Fsp3) is 0.188. The fourth-order valence-electron chi connectivity index (χ4n) is 2.17. The summed E-state index contributed by atoms with van der Waals surface area (Å²) >= 11 is 0. The Morgan fingerprint density at radius 1 is 1.29 bits per heavy atom. The second-order valence-electron chi connectivity index (χ2n) is 4.93. The number of pyridine rings is 1. The Balaban J connectivity index is 1.85. The highest BCUT2D eigenvalue weighted by atomic mass is 16.1. The van der Waals surface area contributed by atoms with Gasteiger partial charge in [-0.25, -0.2) is 4.98 Å². The molecule has 106 valence electrons. The van der Waals surface area contributed by atoms with E-state index in [0.29, 0.717) is 11.4 Å². The summed E-state index contributed by atoms with van der Waals surface area (Å²) in [5.74, 6) is -0.229. The van der Waals surface area contributed by atoms with Crippen LogP contribution >= 0.6 is 0 Å². The van der Waals surface area contributed by atoms with Gasteiger partial charge in [0.2, 0.25) is 0 Å². The third-order valence-corrected chi connectivity index (χ3v) is 3.29. The average Bonchev–Trinajstić information content (AvgIpc) is 2.94. The van der Waals surface area contributed by atoms with Gasteiger partial charge in [0.05, 0.1) is 17.4 Å². The molecule has 3 aromatic rings. The summed E-state index contributed by atoms with van der Waals surface area (Å²) in [6.07, 6.45) is 3.42. The molecule has 0 aliphatic carbocycles. The standard InChI is InChI=1S/C16H16N4O/c1-3-20-10-13(9-17-20)18-16(21)15-7-5-12-8-11(2)4-6-14(12)19-15/h4-10H,3H2,1-2H3,(H,18,21). The van der Waals surface area contributed by atoms with Crippen LogP contribution in [0.15, 0.2) is 42.7 Å². The van der Waals surface area contributed by atoms with Gasteiger partial charge in [0.1, 0.15) is 5.69 Å². The van der Waals surface area contributed by atoms with E-state index in [9.17, 15) is 4.79 Å². The van der Waals surface area contributed by atoms with E-state index in [-0.39, 0.29) is 5.91 Å². The van der Waals surface area contributed by atoms with E-state index in [1.807, 2.05) is 32.0 Å². The summed E-state index contributed by atoms with van der Waals surface area (Å²) in [5.41, 5.74) is 3.06. The maximum Gasteiger partial charge on any atom is 0.274 e. The van der Waals surface area contributed by atoms with Gasteiger partial charge < -0.3 is 5.32 Å². The Kier molecular flexibility index (Phi) is 3.39. The van der Waals surface area contributed by atoms with Crippen LogP contribution in [0, 0.1) is 6.92 Å². The van der Waals surface area contributed by atoms with Gasteiger partial charge in [0.15, 0.2) is 0 Å². The molecule has 0 unspecified atom stereocenters. The molecule has 0 aliphatic heterocycles. The summed E-state index contributed by atoms with van der Waals surface area (Å²) in [7, 11) is 0. The van der Waals surface area contributed by atoms with Crippen molar-refractivity contribution in [3.8, 4) is 0 Å². The van der Waals surface area contributed by atoms with Gasteiger partial charge in [-0.2, -0.15) is 5.10 Å². The Morgan fingerprint density at radius 2 is 2.14 bits per heavy atom. The molecule has 0 radical (unpaired) electrons. The SMILES string of the molecule is CCn1cc(NC(=O)c2ccc3cc(C)ccc3n2)cn1. The van der Waals surface area contributed by atoms with Crippen molar-refractivity contribution in [1.29, 1.82) is 0 Å². The fourth-order valence-corrected chi connectivity index (χ4v) is 2.17. The first-order valence-corrected chi connectivity index (χ1v) is 6.87. The van der Waals surface area contributed by atoms with E-state index in [1.54, 1.807) is 23.1 Å². The number of nitrogens with one attached hydrogen (secondary N) is 1. The number of rotatable bonds is 3. The zero-order chi connectivity index (χ0) is 14.8. The van der Waals surface area contributed by atoms with E-state index in [4.69, 9.17) is 0 Å². The molecule has 5 nitrogen and oxygen atoms in total. The Morgan fingerprint density at radius 3 is 2.90 bits per heavy atom. The van der Waals surface area contributed by atoms with Crippen LogP contribution in [0.2, 0.25) is 0 Å². The van der Waals surface area contributed by atoms with Crippen LogP contribution in [0.1, 0.15) is 23.0 Å². The van der Waals surface area contributed by atoms with Gasteiger partial charge in [0.25, 0.3) is 5.91 Å². The molecule has 21 heavy (non-hydrogen) atoms. The molecule has 0 bridgehead atoms. The molecule has 3 rings (SSSR count). The predicted molar refractivity (Wildman–Crippen MR) is 82.3 cm³/mol. The molecule has 0 aliphatic rings. The topological polar surface area (TPSA) is 59.8 Å². The molecule has 5 heteroatoms. The second-order valence-corrected chi connectivity index (χ2v) is 4.93. The number of aromatic nitrogens is 3. The first-order chi connectivity index (χ1) is 10.2. The maximum atomic E-state index is 12.2. The molecule has 2 heterocycles. The van der Waals surface area contributed by atoms with Gasteiger partial charge in [0, 0.05) is 18.1 Å². The summed E-state index contributed by atoms with van der Waals surface area (Å²) in [6, 6.07) is 9.62. The van der Waals surface area contributed by atoms with Crippen molar-refractivity contribution in [1.82, 2.24) is 14.8 Å². The number of nitrogens with zero attached hydrogens (tertiary/aromatic N) is 3. The van der Waals surface area contributed by atoms with E-state index < -0.39 is 0 Å². The number of fused-ring (bicyclic) bond motifs is 1. The van der Waals surface area contributed by atoms with Crippen LogP contribution in [0.25, 0.3) is 10.9 Å². The highest BCUT2D eigenvalue weighted by molar-refractivity contribution is 6.03. The van der Waals surface area contributed by atoms with Crippen LogP contribution in [0.5, 0.6) is 0 Å². The van der Waals surface area contributed by atoms with Crippen molar-refractivity contribution < 1.29 is 4.79 Å². The Labute approximate surface area is 122 Å². The summed E-state index contributed by atoms with van der Waals surface area (Å²) in [5, 5.41) is 7.96. The van der Waals surface area contributed by atoms with Crippen LogP contribution in [0.4, 0.5) is 5.69 Å². The lowest BCUT2D eigenvalue weighted by atomic mass is 10.1. The molecule has 0 fully saturated rings. The monoisotopic (exact) mass is 280 g/mol. The molecule has 0 saturated heterocycles. The second kappa shape index (κ2) is 5.36. The third kappa shape index (κ3) is 2.76. The van der Waals surface area contributed by atoms with Crippen molar-refractivity contribution in [2.24, 2.45) is 0 Å². The Bertz CT molecular complexity index is 807. The number of anilines is 1. The molecule has 1 N–H and O–H groups in total. The quantitative estimate of drug-likeness (QED) is 0.802. The zero-order valence-electron chi connectivity index (χ0n) is 12.0. The maximum absolute atomic E-state index is 12.2. The predicted octanol–water partition coefficient (Wildman–Crippen LogP) is 3.01. The van der Waals surface area contributed by atoms with Gasteiger partial charge >= 0.3 is 0 Å². The number of aryl methyl sites for hydroxylation is 2. The normalized spacial score (nSPS) is 10.8. The van der Waals surface area contributed by atoms with Crippen molar-refractivity contribution in [3.63, 3.8) is 0 Å². The smallest absolute Gasteiger partial charge is 0.274 e. The molecule has 1 aromatic carbocycles. The highest BCUT2D eigenvalue weighted by Gasteiger charge is 2.09. The van der Waals surface area contributed by atoms with E-state index >= 15 is 0 Å². The van der Waals surface area contributed by atoms with Crippen molar-refractivity contribution in [2.75, 3.05) is 5.32 Å². The lowest BCUT2D eigenvalue weighted by Crippen LogP contribution is -2.13. The molecule has 2 aromatic heterocycles. The number of hydrogen-bond donors (Lipinski definition) is 1. The first kappa shape index (κ1) is 13.3. The minimum atomic E-state index is -0.229. The van der Waals surface area contributed by atoms with Crippen LogP contribution in [-0.4, -0.2) is 20.7 Å². The lowest BCUT2D eigenvalue weighted by molar-refractivity contribution is 0.102. The number of carbonyl (C=O) groups is 1. The average molecular weight is 280 g/mol. The third-order valence-electron chi connectivity index (χ3n) is 3.29. The number of carbonyl (C=O) groups excluding carboxylic acids is 1. The highest BCUT2D eigenvalue weighted by Crippen LogP contribution is 2.15. The van der Waals surface area contributed by atoms with Crippen molar-refractivity contribution in [2.45, 2.75) is 20.4 Å². The summed E-state index contributed by atoms with van der Waals surface area (Å²) in [6.45, 7) is 4.79. The van der Waals surface area contributed by atoms with E-state index in [2.05, 4.69) is 21.5 Å². The van der Waals surface area contributed by atoms with Crippen LogP contribution < -0.4 is 5.32 Å². The van der Waals surface area contributed by atoms with Crippen molar-refractivity contribution >= 4 is 22.5 Å². The minimum absolute atomic E-state index is 0.229. The zero-order valence-corrected chi connectivity index (χ0v) is 12.0. The molecule has 0 spiro atoms. The van der Waals surface area contributed by atoms with Gasteiger partial charge in [-0.1, -0.05) is 17.7 Å². The molecular formula is C16H16N4O. The van der Waals surface area contributed by atoms with E-state index in [1.165, 1.54) is 5.56 Å². The lowest BCUT2D eigenvalue weighted by Gasteiger charge is -2.04. The van der Waals surface area contributed by atoms with E-state index in [0.717, 1.165) is 17.4 Å².